The van der Waals surface area contributed by atoms with Crippen molar-refractivity contribution in [1.82, 2.24) is 4.90 Å². The van der Waals surface area contributed by atoms with Crippen LogP contribution in [0.25, 0.3) is 0 Å². The quantitative estimate of drug-likeness (QED) is 0.558. The van der Waals surface area contributed by atoms with Crippen LogP contribution >= 0.6 is 0 Å². The molecule has 0 amide bonds. The fraction of sp³-hybridized carbons (Fsp3) is 0.632. The molecule has 136 valence electrons. The van der Waals surface area contributed by atoms with Crippen molar-refractivity contribution in [3.8, 4) is 5.75 Å². The first-order valence-electron chi connectivity index (χ1n) is 8.28. The summed E-state index contributed by atoms with van der Waals surface area (Å²) in [6, 6.07) is 5.82. The third-order valence-corrected chi connectivity index (χ3v) is 3.76. The molecular weight excluding hydrogens is 306 g/mol. The van der Waals surface area contributed by atoms with E-state index in [2.05, 4.69) is 25.7 Å². The summed E-state index contributed by atoms with van der Waals surface area (Å²) in [4.78, 5) is 14.4. The molecule has 24 heavy (non-hydrogen) atoms. The highest BCUT2D eigenvalue weighted by atomic mass is 16.7. The van der Waals surface area contributed by atoms with Gasteiger partial charge < -0.3 is 19.1 Å². The van der Waals surface area contributed by atoms with E-state index in [1.165, 1.54) is 7.11 Å². The van der Waals surface area contributed by atoms with E-state index in [0.717, 1.165) is 5.56 Å². The lowest BCUT2D eigenvalue weighted by Crippen LogP contribution is -2.31. The molecule has 1 aromatic rings. The summed E-state index contributed by atoms with van der Waals surface area (Å²) in [5, 5.41) is 0. The molecule has 0 saturated heterocycles. The van der Waals surface area contributed by atoms with E-state index in [4.69, 9.17) is 14.2 Å². The zero-order valence-electron chi connectivity index (χ0n) is 16.2. The number of benzene rings is 1. The van der Waals surface area contributed by atoms with Crippen LogP contribution in [0.5, 0.6) is 5.75 Å². The molecule has 0 fully saturated rings. The van der Waals surface area contributed by atoms with Gasteiger partial charge in [-0.15, -0.1) is 0 Å². The van der Waals surface area contributed by atoms with E-state index in [1.807, 2.05) is 39.2 Å². The first-order chi connectivity index (χ1) is 11.1. The molecule has 1 rings (SSSR count). The van der Waals surface area contributed by atoms with E-state index < -0.39 is 12.3 Å². The predicted octanol–water partition coefficient (Wildman–Crippen LogP) is 3.88. The van der Waals surface area contributed by atoms with Gasteiger partial charge >= 0.3 is 5.97 Å². The van der Waals surface area contributed by atoms with Crippen LogP contribution in [0.15, 0.2) is 18.2 Å². The minimum absolute atomic E-state index is 0.0118. The van der Waals surface area contributed by atoms with Gasteiger partial charge in [0.25, 0.3) is 0 Å². The lowest BCUT2D eigenvalue weighted by Gasteiger charge is -2.36. The Hall–Kier alpha value is -1.59. The Morgan fingerprint density at radius 3 is 2.33 bits per heavy atom. The van der Waals surface area contributed by atoms with Crippen LogP contribution in [-0.2, 0) is 9.47 Å². The Morgan fingerprint density at radius 1 is 1.25 bits per heavy atom. The standard InChI is InChI=1S/C19H31NO4/c1-9-23-13(2)24-16-11-10-14(12-15(16)18(21)22-8)17(20(6)7)19(3,4)5/h10-13,17H,9H2,1-8H3. The van der Waals surface area contributed by atoms with Gasteiger partial charge in [0.2, 0.25) is 0 Å². The second-order valence-electron chi connectivity index (χ2n) is 7.12. The predicted molar refractivity (Wildman–Crippen MR) is 95.4 cm³/mol. The Balaban J connectivity index is 3.30. The molecule has 0 heterocycles. The molecule has 2 atom stereocenters. The first kappa shape index (κ1) is 20.5. The van der Waals surface area contributed by atoms with Crippen molar-refractivity contribution in [3.63, 3.8) is 0 Å². The molecule has 0 radical (unpaired) electrons. The van der Waals surface area contributed by atoms with Gasteiger partial charge in [-0.05, 0) is 51.1 Å². The molecule has 2 unspecified atom stereocenters. The number of hydrogen-bond acceptors (Lipinski definition) is 5. The van der Waals surface area contributed by atoms with E-state index in [-0.39, 0.29) is 11.5 Å². The van der Waals surface area contributed by atoms with E-state index in [0.29, 0.717) is 17.9 Å². The van der Waals surface area contributed by atoms with Crippen molar-refractivity contribution in [1.29, 1.82) is 0 Å². The number of esters is 1. The van der Waals surface area contributed by atoms with Crippen LogP contribution in [0, 0.1) is 5.41 Å². The number of carbonyl (C=O) groups excluding carboxylic acids is 1. The number of hydrogen-bond donors (Lipinski definition) is 0. The molecule has 5 nitrogen and oxygen atoms in total. The molecule has 0 aliphatic heterocycles. The summed E-state index contributed by atoms with van der Waals surface area (Å²) in [5.41, 5.74) is 1.47. The number of ether oxygens (including phenoxy) is 3. The molecule has 0 aliphatic carbocycles. The normalized spacial score (nSPS) is 14.4. The summed E-state index contributed by atoms with van der Waals surface area (Å²) in [6.07, 6.45) is -0.434. The fourth-order valence-electron chi connectivity index (χ4n) is 3.11. The third kappa shape index (κ3) is 5.21. The zero-order valence-corrected chi connectivity index (χ0v) is 16.2. The Kier molecular flexibility index (Phi) is 7.24. The lowest BCUT2D eigenvalue weighted by atomic mass is 9.81. The van der Waals surface area contributed by atoms with Crippen molar-refractivity contribution >= 4 is 5.97 Å². The van der Waals surface area contributed by atoms with Gasteiger partial charge in [-0.25, -0.2) is 4.79 Å². The van der Waals surface area contributed by atoms with Crippen molar-refractivity contribution < 1.29 is 19.0 Å². The summed E-state index contributed by atoms with van der Waals surface area (Å²) in [7, 11) is 5.45. The average molecular weight is 337 g/mol. The zero-order chi connectivity index (χ0) is 18.5. The van der Waals surface area contributed by atoms with Crippen LogP contribution < -0.4 is 4.74 Å². The minimum Gasteiger partial charge on any atom is -0.465 e. The Bertz CT molecular complexity index is 549. The van der Waals surface area contributed by atoms with E-state index >= 15 is 0 Å². The van der Waals surface area contributed by atoms with Gasteiger partial charge in [0.05, 0.1) is 7.11 Å². The number of rotatable bonds is 7. The molecular formula is C19H31NO4. The minimum atomic E-state index is -0.434. The van der Waals surface area contributed by atoms with Gasteiger partial charge in [0, 0.05) is 12.6 Å². The van der Waals surface area contributed by atoms with Gasteiger partial charge in [-0.3, -0.25) is 0 Å². The second-order valence-corrected chi connectivity index (χ2v) is 7.12. The van der Waals surface area contributed by atoms with Gasteiger partial charge in [0.1, 0.15) is 11.3 Å². The summed E-state index contributed by atoms with van der Waals surface area (Å²) in [5.74, 6) is 0.0555. The van der Waals surface area contributed by atoms with Crippen LogP contribution in [0.1, 0.15) is 56.6 Å². The average Bonchev–Trinajstić information content (AvgIpc) is 2.46. The second kappa shape index (κ2) is 8.49. The monoisotopic (exact) mass is 337 g/mol. The maximum absolute atomic E-state index is 12.2. The molecule has 0 bridgehead atoms. The summed E-state index contributed by atoms with van der Waals surface area (Å²) < 4.78 is 16.1. The largest absolute Gasteiger partial charge is 0.465 e. The third-order valence-electron chi connectivity index (χ3n) is 3.76. The highest BCUT2D eigenvalue weighted by Gasteiger charge is 2.29. The maximum Gasteiger partial charge on any atom is 0.341 e. The molecule has 0 aliphatic rings. The van der Waals surface area contributed by atoms with Crippen LogP contribution in [0.4, 0.5) is 0 Å². The summed E-state index contributed by atoms with van der Waals surface area (Å²) in [6.45, 7) is 10.8. The van der Waals surface area contributed by atoms with Crippen LogP contribution in [-0.4, -0.2) is 45.0 Å². The molecule has 0 N–H and O–H groups in total. The number of carbonyl (C=O) groups is 1. The molecule has 0 saturated carbocycles. The molecule has 0 aromatic heterocycles. The number of methoxy groups -OCH3 is 1. The maximum atomic E-state index is 12.2. The van der Waals surface area contributed by atoms with Crippen molar-refractivity contribution in [3.05, 3.63) is 29.3 Å². The Labute approximate surface area is 145 Å². The van der Waals surface area contributed by atoms with Gasteiger partial charge in [0.15, 0.2) is 6.29 Å². The molecule has 5 heteroatoms. The van der Waals surface area contributed by atoms with E-state index in [9.17, 15) is 4.79 Å². The highest BCUT2D eigenvalue weighted by molar-refractivity contribution is 5.92. The van der Waals surface area contributed by atoms with E-state index in [1.54, 1.807) is 6.92 Å². The smallest absolute Gasteiger partial charge is 0.341 e. The number of nitrogens with zero attached hydrogens (tertiary/aromatic N) is 1. The topological polar surface area (TPSA) is 48.0 Å². The van der Waals surface area contributed by atoms with Crippen molar-refractivity contribution in [2.75, 3.05) is 27.8 Å². The van der Waals surface area contributed by atoms with Gasteiger partial charge in [-0.1, -0.05) is 26.8 Å². The van der Waals surface area contributed by atoms with Crippen molar-refractivity contribution in [2.24, 2.45) is 5.41 Å². The van der Waals surface area contributed by atoms with Crippen LogP contribution in [0.3, 0.4) is 0 Å². The SMILES string of the molecule is CCOC(C)Oc1ccc(C(N(C)C)C(C)(C)C)cc1C(=O)OC. The summed E-state index contributed by atoms with van der Waals surface area (Å²) >= 11 is 0. The van der Waals surface area contributed by atoms with Gasteiger partial charge in [-0.2, -0.15) is 0 Å². The molecule has 1 aromatic carbocycles. The van der Waals surface area contributed by atoms with Crippen molar-refractivity contribution in [2.45, 2.75) is 47.0 Å². The lowest BCUT2D eigenvalue weighted by molar-refractivity contribution is -0.0617. The fourth-order valence-corrected chi connectivity index (χ4v) is 3.11. The van der Waals surface area contributed by atoms with Crippen LogP contribution in [0.2, 0.25) is 0 Å². The first-order valence-corrected chi connectivity index (χ1v) is 8.28. The highest BCUT2D eigenvalue weighted by Crippen LogP contribution is 2.38. The Morgan fingerprint density at radius 2 is 1.88 bits per heavy atom. The molecule has 0 spiro atoms.